The lowest BCUT2D eigenvalue weighted by Crippen LogP contribution is -2.35. The highest BCUT2D eigenvalue weighted by molar-refractivity contribution is 6.32. The predicted molar refractivity (Wildman–Crippen MR) is 72.1 cm³/mol. The number of rotatable bonds is 5. The van der Waals surface area contributed by atoms with E-state index in [2.05, 4.69) is 5.32 Å². The molecule has 1 amide bonds. The van der Waals surface area contributed by atoms with Crippen LogP contribution in [-0.4, -0.2) is 12.0 Å². The van der Waals surface area contributed by atoms with Gasteiger partial charge in [0.05, 0.1) is 17.8 Å². The average Bonchev–Trinajstić information content (AvgIpc) is 2.91. The van der Waals surface area contributed by atoms with E-state index in [1.54, 1.807) is 49.6 Å². The van der Waals surface area contributed by atoms with Crippen molar-refractivity contribution in [3.63, 3.8) is 0 Å². The lowest BCUT2D eigenvalue weighted by molar-refractivity contribution is -0.127. The quantitative estimate of drug-likeness (QED) is 0.915. The first-order chi connectivity index (χ1) is 9.16. The summed E-state index contributed by atoms with van der Waals surface area (Å²) in [7, 11) is 0. The zero-order valence-corrected chi connectivity index (χ0v) is 11.2. The van der Waals surface area contributed by atoms with E-state index in [1.807, 2.05) is 0 Å². The molecule has 0 aliphatic carbocycles. The second-order valence-electron chi connectivity index (χ2n) is 3.99. The van der Waals surface area contributed by atoms with Crippen molar-refractivity contribution in [3.8, 4) is 5.75 Å². The van der Waals surface area contributed by atoms with Crippen LogP contribution in [0.2, 0.25) is 5.02 Å². The third-order valence-electron chi connectivity index (χ3n) is 2.53. The highest BCUT2D eigenvalue weighted by atomic mass is 35.5. The molecule has 1 aromatic heterocycles. The van der Waals surface area contributed by atoms with Crippen molar-refractivity contribution < 1.29 is 13.9 Å². The van der Waals surface area contributed by atoms with E-state index in [1.165, 1.54) is 0 Å². The summed E-state index contributed by atoms with van der Waals surface area (Å²) in [5, 5.41) is 3.20. The van der Waals surface area contributed by atoms with E-state index in [-0.39, 0.29) is 5.91 Å². The molecule has 5 heteroatoms. The molecule has 1 N–H and O–H groups in total. The molecular formula is C14H14ClNO3. The number of carbonyl (C=O) groups is 1. The first-order valence-electron chi connectivity index (χ1n) is 5.88. The zero-order chi connectivity index (χ0) is 13.7. The fraction of sp³-hybridized carbons (Fsp3) is 0.214. The Hall–Kier alpha value is -1.94. The Kier molecular flexibility index (Phi) is 4.47. The maximum atomic E-state index is 11.8. The molecule has 2 aromatic rings. The third kappa shape index (κ3) is 3.76. The summed E-state index contributed by atoms with van der Waals surface area (Å²) in [5.74, 6) is 0.958. The Bertz CT molecular complexity index is 539. The van der Waals surface area contributed by atoms with Gasteiger partial charge in [-0.05, 0) is 31.2 Å². The fourth-order valence-electron chi connectivity index (χ4n) is 1.52. The van der Waals surface area contributed by atoms with E-state index in [4.69, 9.17) is 20.8 Å². The van der Waals surface area contributed by atoms with Crippen LogP contribution in [0.4, 0.5) is 0 Å². The summed E-state index contributed by atoms with van der Waals surface area (Å²) in [6.45, 7) is 2.00. The second-order valence-corrected chi connectivity index (χ2v) is 4.39. The minimum Gasteiger partial charge on any atom is -0.479 e. The summed E-state index contributed by atoms with van der Waals surface area (Å²) in [4.78, 5) is 11.8. The van der Waals surface area contributed by atoms with Crippen LogP contribution in [0.1, 0.15) is 12.7 Å². The Morgan fingerprint density at radius 2 is 2.16 bits per heavy atom. The van der Waals surface area contributed by atoms with Gasteiger partial charge in [-0.1, -0.05) is 23.7 Å². The smallest absolute Gasteiger partial charge is 0.261 e. The SMILES string of the molecule is C[C@H](Oc1ccccc1Cl)C(=O)NCc1ccco1. The molecule has 0 aliphatic heterocycles. The van der Waals surface area contributed by atoms with Gasteiger partial charge in [-0.2, -0.15) is 0 Å². The molecule has 0 radical (unpaired) electrons. The minimum absolute atomic E-state index is 0.226. The van der Waals surface area contributed by atoms with Crippen molar-refractivity contribution in [1.82, 2.24) is 5.32 Å². The molecule has 0 fully saturated rings. The third-order valence-corrected chi connectivity index (χ3v) is 2.84. The molecule has 0 aliphatic rings. The molecule has 4 nitrogen and oxygen atoms in total. The number of benzene rings is 1. The summed E-state index contributed by atoms with van der Waals surface area (Å²) in [6, 6.07) is 10.6. The largest absolute Gasteiger partial charge is 0.479 e. The Morgan fingerprint density at radius 1 is 1.37 bits per heavy atom. The van der Waals surface area contributed by atoms with Gasteiger partial charge in [0.1, 0.15) is 11.5 Å². The fourth-order valence-corrected chi connectivity index (χ4v) is 1.70. The molecule has 100 valence electrons. The van der Waals surface area contributed by atoms with Crippen LogP contribution in [-0.2, 0) is 11.3 Å². The van der Waals surface area contributed by atoms with Crippen LogP contribution < -0.4 is 10.1 Å². The molecule has 0 unspecified atom stereocenters. The normalized spacial score (nSPS) is 11.9. The standard InChI is InChI=1S/C14H14ClNO3/c1-10(19-13-7-3-2-6-12(13)15)14(17)16-9-11-5-4-8-18-11/h2-8,10H,9H2,1H3,(H,16,17)/t10-/m0/s1. The summed E-state index contributed by atoms with van der Waals surface area (Å²) in [5.41, 5.74) is 0. The van der Waals surface area contributed by atoms with Gasteiger partial charge < -0.3 is 14.5 Å². The van der Waals surface area contributed by atoms with Crippen molar-refractivity contribution in [2.45, 2.75) is 19.6 Å². The van der Waals surface area contributed by atoms with Crippen LogP contribution in [0.15, 0.2) is 47.1 Å². The molecule has 0 spiro atoms. The maximum absolute atomic E-state index is 11.8. The zero-order valence-electron chi connectivity index (χ0n) is 10.4. The number of nitrogens with one attached hydrogen (secondary N) is 1. The van der Waals surface area contributed by atoms with Gasteiger partial charge in [0.15, 0.2) is 6.10 Å². The number of halogens is 1. The minimum atomic E-state index is -0.630. The van der Waals surface area contributed by atoms with Crippen molar-refractivity contribution in [1.29, 1.82) is 0 Å². The van der Waals surface area contributed by atoms with Gasteiger partial charge >= 0.3 is 0 Å². The molecular weight excluding hydrogens is 266 g/mol. The number of furan rings is 1. The van der Waals surface area contributed by atoms with E-state index >= 15 is 0 Å². The van der Waals surface area contributed by atoms with Crippen LogP contribution in [0.25, 0.3) is 0 Å². The lowest BCUT2D eigenvalue weighted by atomic mass is 10.3. The van der Waals surface area contributed by atoms with Crippen LogP contribution in [0.3, 0.4) is 0 Å². The van der Waals surface area contributed by atoms with Gasteiger partial charge in [-0.15, -0.1) is 0 Å². The van der Waals surface area contributed by atoms with Gasteiger partial charge in [0.25, 0.3) is 5.91 Å². The predicted octanol–water partition coefficient (Wildman–Crippen LogP) is 3.02. The second kappa shape index (κ2) is 6.29. The molecule has 0 bridgehead atoms. The molecule has 1 atom stereocenters. The highest BCUT2D eigenvalue weighted by Crippen LogP contribution is 2.24. The summed E-state index contributed by atoms with van der Waals surface area (Å²) < 4.78 is 10.6. The molecule has 0 saturated heterocycles. The summed E-state index contributed by atoms with van der Waals surface area (Å²) in [6.07, 6.45) is 0.931. The Labute approximate surface area is 116 Å². The van der Waals surface area contributed by atoms with Gasteiger partial charge in [-0.25, -0.2) is 0 Å². The molecule has 19 heavy (non-hydrogen) atoms. The van der Waals surface area contributed by atoms with E-state index in [0.29, 0.717) is 23.1 Å². The molecule has 0 saturated carbocycles. The number of hydrogen-bond donors (Lipinski definition) is 1. The van der Waals surface area contributed by atoms with Gasteiger partial charge in [0.2, 0.25) is 0 Å². The Balaban J connectivity index is 1.87. The van der Waals surface area contributed by atoms with Crippen LogP contribution in [0, 0.1) is 0 Å². The number of hydrogen-bond acceptors (Lipinski definition) is 3. The topological polar surface area (TPSA) is 51.5 Å². The van der Waals surface area contributed by atoms with E-state index in [9.17, 15) is 4.79 Å². The molecule has 1 aromatic carbocycles. The van der Waals surface area contributed by atoms with Crippen molar-refractivity contribution in [3.05, 3.63) is 53.4 Å². The van der Waals surface area contributed by atoms with E-state index in [0.717, 1.165) is 0 Å². The van der Waals surface area contributed by atoms with Crippen molar-refractivity contribution in [2.24, 2.45) is 0 Å². The summed E-state index contributed by atoms with van der Waals surface area (Å²) >= 11 is 5.96. The lowest BCUT2D eigenvalue weighted by Gasteiger charge is -2.15. The van der Waals surface area contributed by atoms with Crippen molar-refractivity contribution >= 4 is 17.5 Å². The maximum Gasteiger partial charge on any atom is 0.261 e. The monoisotopic (exact) mass is 279 g/mol. The number of ether oxygens (including phenoxy) is 1. The Morgan fingerprint density at radius 3 is 2.84 bits per heavy atom. The van der Waals surface area contributed by atoms with Crippen LogP contribution in [0.5, 0.6) is 5.75 Å². The average molecular weight is 280 g/mol. The molecule has 1 heterocycles. The first-order valence-corrected chi connectivity index (χ1v) is 6.26. The highest BCUT2D eigenvalue weighted by Gasteiger charge is 2.15. The van der Waals surface area contributed by atoms with Crippen molar-refractivity contribution in [2.75, 3.05) is 0 Å². The number of carbonyl (C=O) groups excluding carboxylic acids is 1. The number of amides is 1. The van der Waals surface area contributed by atoms with Gasteiger partial charge in [-0.3, -0.25) is 4.79 Å². The number of para-hydroxylation sites is 1. The molecule has 2 rings (SSSR count). The van der Waals surface area contributed by atoms with E-state index < -0.39 is 6.10 Å². The van der Waals surface area contributed by atoms with Crippen LogP contribution >= 0.6 is 11.6 Å². The first kappa shape index (κ1) is 13.5. The van der Waals surface area contributed by atoms with Gasteiger partial charge in [0, 0.05) is 0 Å².